The molecular formula is C35H31N5O3. The zero-order valence-corrected chi connectivity index (χ0v) is 23.6. The van der Waals surface area contributed by atoms with E-state index in [4.69, 9.17) is 0 Å². The molecular weight excluding hydrogens is 538 g/mol. The highest BCUT2D eigenvalue weighted by Crippen LogP contribution is 2.40. The predicted molar refractivity (Wildman–Crippen MR) is 167 cm³/mol. The summed E-state index contributed by atoms with van der Waals surface area (Å²) < 4.78 is 0. The standard InChI is InChI=1S/C35H31N5O3/c41-33(38-21-11-10-13-24-12-4-7-18-30(24)38)23-39-31-19-8-9-20-32(31)40(25-14-2-1-3-15-25)35(43)27(34(39)42)22-29-26-16-5-6-17-28(26)36-37-29/h1-9,12,14-20,27H,10-11,13,21-23H2,(H,36,37). The van der Waals surface area contributed by atoms with E-state index in [0.717, 1.165) is 41.4 Å². The molecule has 1 N–H and O–H groups in total. The third kappa shape index (κ3) is 4.84. The van der Waals surface area contributed by atoms with E-state index in [1.165, 1.54) is 4.90 Å². The van der Waals surface area contributed by atoms with Crippen molar-refractivity contribution in [3.8, 4) is 0 Å². The lowest BCUT2D eigenvalue weighted by Crippen LogP contribution is -2.47. The molecule has 3 heterocycles. The van der Waals surface area contributed by atoms with Gasteiger partial charge in [-0.2, -0.15) is 5.10 Å². The zero-order chi connectivity index (χ0) is 29.3. The molecule has 0 aliphatic carbocycles. The van der Waals surface area contributed by atoms with Crippen LogP contribution < -0.4 is 14.7 Å². The summed E-state index contributed by atoms with van der Waals surface area (Å²) in [5.41, 5.74) is 5.23. The Kier molecular flexibility index (Phi) is 6.95. The number of amides is 3. The summed E-state index contributed by atoms with van der Waals surface area (Å²) in [6.45, 7) is 0.401. The van der Waals surface area contributed by atoms with E-state index < -0.39 is 11.8 Å². The largest absolute Gasteiger partial charge is 0.311 e. The van der Waals surface area contributed by atoms with Gasteiger partial charge in [0.1, 0.15) is 12.5 Å². The number of nitrogens with zero attached hydrogens (tertiary/aromatic N) is 4. The number of hydrogen-bond acceptors (Lipinski definition) is 4. The van der Waals surface area contributed by atoms with Crippen molar-refractivity contribution in [2.24, 2.45) is 5.92 Å². The van der Waals surface area contributed by atoms with Gasteiger partial charge in [-0.15, -0.1) is 0 Å². The molecule has 1 unspecified atom stereocenters. The van der Waals surface area contributed by atoms with Crippen LogP contribution in [-0.4, -0.2) is 41.0 Å². The summed E-state index contributed by atoms with van der Waals surface area (Å²) >= 11 is 0. The Morgan fingerprint density at radius 3 is 2.30 bits per heavy atom. The van der Waals surface area contributed by atoms with Crippen LogP contribution in [0.4, 0.5) is 22.7 Å². The Hall–Kier alpha value is -5.24. The van der Waals surface area contributed by atoms with Crippen LogP contribution in [-0.2, 0) is 27.2 Å². The topological polar surface area (TPSA) is 89.6 Å². The Morgan fingerprint density at radius 1 is 0.767 bits per heavy atom. The molecule has 7 rings (SSSR count). The van der Waals surface area contributed by atoms with Crippen LogP contribution in [0, 0.1) is 5.92 Å². The molecule has 0 fully saturated rings. The maximum Gasteiger partial charge on any atom is 0.247 e. The summed E-state index contributed by atoms with van der Waals surface area (Å²) in [5.74, 6) is -2.02. The van der Waals surface area contributed by atoms with E-state index in [9.17, 15) is 14.4 Å². The highest BCUT2D eigenvalue weighted by molar-refractivity contribution is 6.21. The zero-order valence-electron chi connectivity index (χ0n) is 23.6. The van der Waals surface area contributed by atoms with Gasteiger partial charge in [0.15, 0.2) is 0 Å². The fourth-order valence-electron chi connectivity index (χ4n) is 6.29. The summed E-state index contributed by atoms with van der Waals surface area (Å²) in [6.07, 6.45) is 2.90. The molecule has 4 aromatic carbocycles. The van der Waals surface area contributed by atoms with Crippen molar-refractivity contribution in [1.82, 2.24) is 10.2 Å². The second-order valence-corrected chi connectivity index (χ2v) is 11.0. The third-order valence-corrected chi connectivity index (χ3v) is 8.41. The maximum atomic E-state index is 14.6. The van der Waals surface area contributed by atoms with E-state index in [1.807, 2.05) is 97.1 Å². The first-order valence-corrected chi connectivity index (χ1v) is 14.7. The molecule has 43 heavy (non-hydrogen) atoms. The molecule has 0 spiro atoms. The highest BCUT2D eigenvalue weighted by atomic mass is 16.2. The van der Waals surface area contributed by atoms with Crippen LogP contribution in [0.5, 0.6) is 0 Å². The highest BCUT2D eigenvalue weighted by Gasteiger charge is 2.42. The number of aromatic nitrogens is 2. The maximum absolute atomic E-state index is 14.6. The molecule has 0 radical (unpaired) electrons. The molecule has 0 bridgehead atoms. The Bertz CT molecular complexity index is 1830. The SMILES string of the molecule is O=C(CN1C(=O)C(Cc2[nH]nc3ccccc23)C(=O)N(c2ccccc2)c2ccccc21)N1CCCCc2ccccc21. The fraction of sp³-hybridized carbons (Fsp3) is 0.200. The van der Waals surface area contributed by atoms with Crippen LogP contribution in [0.2, 0.25) is 0 Å². The monoisotopic (exact) mass is 569 g/mol. The average Bonchev–Trinajstić information content (AvgIpc) is 3.29. The first kappa shape index (κ1) is 26.6. The normalized spacial score (nSPS) is 16.9. The van der Waals surface area contributed by atoms with Crippen molar-refractivity contribution < 1.29 is 14.4 Å². The van der Waals surface area contributed by atoms with E-state index in [0.29, 0.717) is 29.3 Å². The fourth-order valence-corrected chi connectivity index (χ4v) is 6.29. The van der Waals surface area contributed by atoms with Crippen LogP contribution in [0.25, 0.3) is 10.9 Å². The van der Waals surface area contributed by atoms with Crippen molar-refractivity contribution in [2.75, 3.05) is 27.8 Å². The Morgan fingerprint density at radius 2 is 1.47 bits per heavy atom. The first-order chi connectivity index (χ1) is 21.1. The number of aromatic amines is 1. The minimum absolute atomic E-state index is 0.118. The minimum Gasteiger partial charge on any atom is -0.311 e. The number of fused-ring (bicyclic) bond motifs is 3. The molecule has 0 saturated carbocycles. The van der Waals surface area contributed by atoms with Crippen LogP contribution >= 0.6 is 0 Å². The smallest absolute Gasteiger partial charge is 0.247 e. The molecule has 8 nitrogen and oxygen atoms in total. The number of carbonyl (C=O) groups is 3. The van der Waals surface area contributed by atoms with E-state index in [-0.39, 0.29) is 24.8 Å². The van der Waals surface area contributed by atoms with Gasteiger partial charge in [-0.25, -0.2) is 0 Å². The summed E-state index contributed by atoms with van der Waals surface area (Å²) in [6, 6.07) is 32.3. The molecule has 1 aromatic heterocycles. The predicted octanol–water partition coefficient (Wildman–Crippen LogP) is 5.80. The number of para-hydroxylation sites is 5. The molecule has 214 valence electrons. The molecule has 2 aliphatic heterocycles. The molecule has 3 amide bonds. The van der Waals surface area contributed by atoms with Crippen molar-refractivity contribution in [3.05, 3.63) is 114 Å². The number of H-pyrrole nitrogens is 1. The number of carbonyl (C=O) groups excluding carboxylic acids is 3. The lowest BCUT2D eigenvalue weighted by atomic mass is 9.98. The average molecular weight is 570 g/mol. The van der Waals surface area contributed by atoms with Gasteiger partial charge in [0.25, 0.3) is 0 Å². The van der Waals surface area contributed by atoms with Crippen LogP contribution in [0.3, 0.4) is 0 Å². The van der Waals surface area contributed by atoms with Crippen molar-refractivity contribution >= 4 is 51.4 Å². The number of nitrogens with one attached hydrogen (secondary N) is 1. The van der Waals surface area contributed by atoms with Gasteiger partial charge in [-0.05, 0) is 61.2 Å². The summed E-state index contributed by atoms with van der Waals surface area (Å²) in [5, 5.41) is 8.32. The van der Waals surface area contributed by atoms with Gasteiger partial charge in [-0.3, -0.25) is 24.4 Å². The van der Waals surface area contributed by atoms with Crippen LogP contribution in [0.15, 0.2) is 103 Å². The number of benzene rings is 4. The number of anilines is 4. The van der Waals surface area contributed by atoms with Crippen molar-refractivity contribution in [2.45, 2.75) is 25.7 Å². The van der Waals surface area contributed by atoms with E-state index in [1.54, 1.807) is 9.80 Å². The second-order valence-electron chi connectivity index (χ2n) is 11.0. The van der Waals surface area contributed by atoms with E-state index in [2.05, 4.69) is 16.3 Å². The minimum atomic E-state index is -1.08. The number of hydrogen-bond donors (Lipinski definition) is 1. The van der Waals surface area contributed by atoms with Crippen molar-refractivity contribution in [1.29, 1.82) is 0 Å². The van der Waals surface area contributed by atoms with Gasteiger partial charge in [0.2, 0.25) is 17.7 Å². The molecule has 0 saturated heterocycles. The van der Waals surface area contributed by atoms with Crippen LogP contribution in [0.1, 0.15) is 24.1 Å². The number of aryl methyl sites for hydroxylation is 1. The lowest BCUT2D eigenvalue weighted by molar-refractivity contribution is -0.132. The summed E-state index contributed by atoms with van der Waals surface area (Å²) in [4.78, 5) is 48.1. The van der Waals surface area contributed by atoms with Gasteiger partial charge < -0.3 is 9.80 Å². The van der Waals surface area contributed by atoms with Gasteiger partial charge in [0.05, 0.1) is 16.9 Å². The summed E-state index contributed by atoms with van der Waals surface area (Å²) in [7, 11) is 0. The van der Waals surface area contributed by atoms with Gasteiger partial charge in [-0.1, -0.05) is 66.7 Å². The lowest BCUT2D eigenvalue weighted by Gasteiger charge is -2.29. The molecule has 1 atom stereocenters. The molecule has 2 aliphatic rings. The molecule has 8 heteroatoms. The first-order valence-electron chi connectivity index (χ1n) is 14.7. The van der Waals surface area contributed by atoms with E-state index >= 15 is 0 Å². The Labute approximate surface area is 249 Å². The third-order valence-electron chi connectivity index (χ3n) is 8.41. The van der Waals surface area contributed by atoms with Crippen molar-refractivity contribution in [3.63, 3.8) is 0 Å². The Balaban J connectivity index is 1.32. The van der Waals surface area contributed by atoms with Gasteiger partial charge >= 0.3 is 0 Å². The quantitative estimate of drug-likeness (QED) is 0.271. The van der Waals surface area contributed by atoms with Gasteiger partial charge in [0, 0.05) is 35.4 Å². The number of rotatable bonds is 5. The second kappa shape index (κ2) is 11.2. The molecule has 5 aromatic rings.